The lowest BCUT2D eigenvalue weighted by atomic mass is 10.2. The first kappa shape index (κ1) is 10.2. The first-order chi connectivity index (χ1) is 6.20. The fourth-order valence-electron chi connectivity index (χ4n) is 0.813. The summed E-state index contributed by atoms with van der Waals surface area (Å²) >= 11 is 4.81. The highest BCUT2D eigenvalue weighted by atomic mass is 32.1. The molecule has 0 fully saturated rings. The predicted octanol–water partition coefficient (Wildman–Crippen LogP) is 1.72. The lowest BCUT2D eigenvalue weighted by molar-refractivity contribution is 0.0947. The summed E-state index contributed by atoms with van der Waals surface area (Å²) in [6.45, 7) is 2.94. The molecule has 0 aromatic carbocycles. The quantitative estimate of drug-likeness (QED) is 0.733. The number of thiocarbonyl (C=S) groups is 1. The minimum Gasteiger partial charge on any atom is -0.467 e. The molecule has 1 aromatic heterocycles. The van der Waals surface area contributed by atoms with Crippen LogP contribution in [0.2, 0.25) is 0 Å². The summed E-state index contributed by atoms with van der Waals surface area (Å²) in [6.07, 6.45) is 1.62. The van der Waals surface area contributed by atoms with Gasteiger partial charge in [-0.2, -0.15) is 0 Å². The van der Waals surface area contributed by atoms with Crippen molar-refractivity contribution in [1.82, 2.24) is 0 Å². The van der Waals surface area contributed by atoms with E-state index in [2.05, 4.69) is 0 Å². The van der Waals surface area contributed by atoms with E-state index in [1.807, 2.05) is 19.1 Å². The highest BCUT2D eigenvalue weighted by molar-refractivity contribution is 7.80. The molecule has 1 unspecified atom stereocenters. The van der Waals surface area contributed by atoms with E-state index in [9.17, 15) is 0 Å². The molecule has 0 bridgehead atoms. The van der Waals surface area contributed by atoms with Crippen molar-refractivity contribution in [3.63, 3.8) is 0 Å². The number of rotatable bonds is 5. The Morgan fingerprint density at radius 2 is 2.54 bits per heavy atom. The maximum Gasteiger partial charge on any atom is 0.129 e. The molecule has 0 saturated carbocycles. The van der Waals surface area contributed by atoms with E-state index < -0.39 is 0 Å². The first-order valence-corrected chi connectivity index (χ1v) is 4.50. The Kier molecular flexibility index (Phi) is 3.92. The van der Waals surface area contributed by atoms with E-state index in [1.165, 1.54) is 0 Å². The fourth-order valence-corrected chi connectivity index (χ4v) is 0.881. The van der Waals surface area contributed by atoms with Gasteiger partial charge in [-0.25, -0.2) is 0 Å². The van der Waals surface area contributed by atoms with Crippen LogP contribution in [-0.2, 0) is 11.3 Å². The molecule has 1 atom stereocenters. The topological polar surface area (TPSA) is 48.4 Å². The fraction of sp³-hybridized carbons (Fsp3) is 0.444. The van der Waals surface area contributed by atoms with Crippen molar-refractivity contribution in [1.29, 1.82) is 0 Å². The minimum absolute atomic E-state index is 0.116. The van der Waals surface area contributed by atoms with Gasteiger partial charge in [0.15, 0.2) is 0 Å². The molecular formula is C9H13NO2S. The van der Waals surface area contributed by atoms with Crippen molar-refractivity contribution in [2.75, 3.05) is 6.61 Å². The van der Waals surface area contributed by atoms with Gasteiger partial charge < -0.3 is 14.9 Å². The van der Waals surface area contributed by atoms with E-state index in [-0.39, 0.29) is 5.92 Å². The Hall–Kier alpha value is -0.870. The van der Waals surface area contributed by atoms with Crippen LogP contribution in [0.1, 0.15) is 12.7 Å². The molecule has 2 N–H and O–H groups in total. The van der Waals surface area contributed by atoms with Crippen LogP contribution >= 0.6 is 12.2 Å². The Bertz CT molecular complexity index is 259. The second kappa shape index (κ2) is 4.99. The largest absolute Gasteiger partial charge is 0.467 e. The second-order valence-corrected chi connectivity index (χ2v) is 3.37. The van der Waals surface area contributed by atoms with Crippen LogP contribution in [0.15, 0.2) is 22.8 Å². The Morgan fingerprint density at radius 1 is 1.77 bits per heavy atom. The van der Waals surface area contributed by atoms with Gasteiger partial charge >= 0.3 is 0 Å². The van der Waals surface area contributed by atoms with Crippen molar-refractivity contribution in [2.45, 2.75) is 13.5 Å². The van der Waals surface area contributed by atoms with Crippen LogP contribution < -0.4 is 5.73 Å². The molecule has 0 spiro atoms. The van der Waals surface area contributed by atoms with Crippen LogP contribution in [0.5, 0.6) is 0 Å². The molecule has 0 saturated heterocycles. The van der Waals surface area contributed by atoms with Crippen LogP contribution in [0.4, 0.5) is 0 Å². The average Bonchev–Trinajstić information content (AvgIpc) is 2.56. The molecular weight excluding hydrogens is 186 g/mol. The van der Waals surface area contributed by atoms with Gasteiger partial charge in [0, 0.05) is 5.92 Å². The van der Waals surface area contributed by atoms with E-state index >= 15 is 0 Å². The number of nitrogens with two attached hydrogens (primary N) is 1. The summed E-state index contributed by atoms with van der Waals surface area (Å²) < 4.78 is 10.4. The van der Waals surface area contributed by atoms with Gasteiger partial charge in [-0.15, -0.1) is 0 Å². The van der Waals surface area contributed by atoms with E-state index in [4.69, 9.17) is 27.1 Å². The zero-order valence-electron chi connectivity index (χ0n) is 7.53. The summed E-state index contributed by atoms with van der Waals surface area (Å²) in [5, 5.41) is 0. The SMILES string of the molecule is CC(COCc1ccco1)C(N)=S. The monoisotopic (exact) mass is 199 g/mol. The number of furan rings is 1. The summed E-state index contributed by atoms with van der Waals surface area (Å²) in [6, 6.07) is 3.70. The second-order valence-electron chi connectivity index (χ2n) is 2.90. The molecule has 0 radical (unpaired) electrons. The molecule has 0 aliphatic heterocycles. The number of hydrogen-bond donors (Lipinski definition) is 1. The highest BCUT2D eigenvalue weighted by Gasteiger charge is 2.05. The molecule has 3 nitrogen and oxygen atoms in total. The first-order valence-electron chi connectivity index (χ1n) is 4.09. The molecule has 0 aliphatic carbocycles. The van der Waals surface area contributed by atoms with Crippen LogP contribution in [0.25, 0.3) is 0 Å². The maximum atomic E-state index is 5.42. The highest BCUT2D eigenvalue weighted by Crippen LogP contribution is 2.04. The van der Waals surface area contributed by atoms with Gasteiger partial charge in [0.05, 0.1) is 17.9 Å². The van der Waals surface area contributed by atoms with Gasteiger partial charge in [0.25, 0.3) is 0 Å². The smallest absolute Gasteiger partial charge is 0.129 e. The van der Waals surface area contributed by atoms with E-state index in [0.29, 0.717) is 18.2 Å². The summed E-state index contributed by atoms with van der Waals surface area (Å²) in [5.74, 6) is 0.931. The zero-order valence-corrected chi connectivity index (χ0v) is 8.34. The third kappa shape index (κ3) is 3.57. The lowest BCUT2D eigenvalue weighted by Gasteiger charge is -2.08. The standard InChI is InChI=1S/C9H13NO2S/c1-7(9(10)13)5-11-6-8-3-2-4-12-8/h2-4,7H,5-6H2,1H3,(H2,10,13). The molecule has 1 rings (SSSR count). The zero-order chi connectivity index (χ0) is 9.68. The third-order valence-corrected chi connectivity index (χ3v) is 2.08. The Balaban J connectivity index is 2.18. The minimum atomic E-state index is 0.116. The normalized spacial score (nSPS) is 12.7. The van der Waals surface area contributed by atoms with Crippen molar-refractivity contribution in [3.05, 3.63) is 24.2 Å². The Morgan fingerprint density at radius 3 is 3.08 bits per heavy atom. The van der Waals surface area contributed by atoms with E-state index in [1.54, 1.807) is 6.26 Å². The van der Waals surface area contributed by atoms with E-state index in [0.717, 1.165) is 5.76 Å². The lowest BCUT2D eigenvalue weighted by Crippen LogP contribution is -2.22. The molecule has 1 heterocycles. The molecule has 0 amide bonds. The summed E-state index contributed by atoms with van der Waals surface area (Å²) in [5.41, 5.74) is 5.42. The van der Waals surface area contributed by atoms with Crippen LogP contribution in [-0.4, -0.2) is 11.6 Å². The van der Waals surface area contributed by atoms with Crippen molar-refractivity contribution < 1.29 is 9.15 Å². The van der Waals surface area contributed by atoms with Gasteiger partial charge in [-0.05, 0) is 12.1 Å². The van der Waals surface area contributed by atoms with Crippen molar-refractivity contribution in [3.8, 4) is 0 Å². The Labute approximate surface area is 82.9 Å². The van der Waals surface area contributed by atoms with Gasteiger partial charge in [0.2, 0.25) is 0 Å². The molecule has 72 valence electrons. The average molecular weight is 199 g/mol. The maximum absolute atomic E-state index is 5.42. The summed E-state index contributed by atoms with van der Waals surface area (Å²) in [7, 11) is 0. The number of hydrogen-bond acceptors (Lipinski definition) is 3. The van der Waals surface area contributed by atoms with Crippen LogP contribution in [0.3, 0.4) is 0 Å². The predicted molar refractivity (Wildman–Crippen MR) is 54.3 cm³/mol. The van der Waals surface area contributed by atoms with Gasteiger partial charge in [-0.3, -0.25) is 0 Å². The molecule has 0 aliphatic rings. The molecule has 4 heteroatoms. The van der Waals surface area contributed by atoms with Crippen molar-refractivity contribution >= 4 is 17.2 Å². The van der Waals surface area contributed by atoms with Crippen LogP contribution in [0, 0.1) is 5.92 Å². The molecule has 1 aromatic rings. The molecule has 13 heavy (non-hydrogen) atoms. The van der Waals surface area contributed by atoms with Gasteiger partial charge in [-0.1, -0.05) is 19.1 Å². The van der Waals surface area contributed by atoms with Crippen molar-refractivity contribution in [2.24, 2.45) is 11.7 Å². The summed E-state index contributed by atoms with van der Waals surface area (Å²) in [4.78, 5) is 0.486. The van der Waals surface area contributed by atoms with Gasteiger partial charge in [0.1, 0.15) is 12.4 Å². The number of ether oxygens (including phenoxy) is 1. The third-order valence-electron chi connectivity index (χ3n) is 1.68.